The number of anilines is 1. The predicted molar refractivity (Wildman–Crippen MR) is 97.1 cm³/mol. The van der Waals surface area contributed by atoms with Crippen molar-refractivity contribution in [3.63, 3.8) is 0 Å². The fraction of sp³-hybridized carbons (Fsp3) is 0.263. The first-order valence-electron chi connectivity index (χ1n) is 8.21. The Hall–Kier alpha value is -2.44. The molecule has 0 spiro atoms. The highest BCUT2D eigenvalue weighted by Crippen LogP contribution is 2.21. The predicted octanol–water partition coefficient (Wildman–Crippen LogP) is 3.59. The molecule has 7 heteroatoms. The maximum atomic E-state index is 13.9. The van der Waals surface area contributed by atoms with Crippen LogP contribution in [0.4, 0.5) is 10.1 Å². The molecule has 1 fully saturated rings. The summed E-state index contributed by atoms with van der Waals surface area (Å²) in [5, 5.41) is 2.62. The molecule has 0 saturated carbocycles. The van der Waals surface area contributed by atoms with E-state index in [0.717, 1.165) is 0 Å². The number of carbonyl (C=O) groups excluding carboxylic acids is 2. The fourth-order valence-electron chi connectivity index (χ4n) is 2.83. The molecule has 2 aromatic carbocycles. The summed E-state index contributed by atoms with van der Waals surface area (Å²) in [5.41, 5.74) is 0.602. The molecule has 0 radical (unpaired) electrons. The Morgan fingerprint density at radius 2 is 2.04 bits per heavy atom. The number of hydrogen-bond acceptors (Lipinski definition) is 3. The number of halogens is 2. The van der Waals surface area contributed by atoms with Crippen LogP contribution < -0.4 is 5.32 Å². The van der Waals surface area contributed by atoms with Gasteiger partial charge < -0.3 is 15.0 Å². The van der Waals surface area contributed by atoms with Crippen LogP contribution in [0.5, 0.6) is 0 Å². The molecule has 2 amide bonds. The van der Waals surface area contributed by atoms with Crippen molar-refractivity contribution in [1.29, 1.82) is 0 Å². The van der Waals surface area contributed by atoms with Crippen LogP contribution in [0.15, 0.2) is 42.5 Å². The van der Waals surface area contributed by atoms with Gasteiger partial charge in [-0.3, -0.25) is 9.59 Å². The highest BCUT2D eigenvalue weighted by atomic mass is 35.5. The van der Waals surface area contributed by atoms with Gasteiger partial charge >= 0.3 is 0 Å². The molecule has 0 bridgehead atoms. The van der Waals surface area contributed by atoms with Gasteiger partial charge in [-0.2, -0.15) is 0 Å². The van der Waals surface area contributed by atoms with Gasteiger partial charge in [-0.1, -0.05) is 23.7 Å². The summed E-state index contributed by atoms with van der Waals surface area (Å²) in [6.45, 7) is 3.43. The van der Waals surface area contributed by atoms with E-state index in [-0.39, 0.29) is 22.5 Å². The van der Waals surface area contributed by atoms with E-state index in [1.807, 2.05) is 6.92 Å². The molecule has 1 atom stereocenters. The van der Waals surface area contributed by atoms with E-state index in [9.17, 15) is 14.0 Å². The Labute approximate surface area is 155 Å². The summed E-state index contributed by atoms with van der Waals surface area (Å²) in [4.78, 5) is 26.8. The third kappa shape index (κ3) is 3.86. The molecule has 1 N–H and O–H groups in total. The maximum Gasteiger partial charge on any atom is 0.260 e. The van der Waals surface area contributed by atoms with E-state index in [2.05, 4.69) is 5.32 Å². The Kier molecular flexibility index (Phi) is 5.54. The van der Waals surface area contributed by atoms with Crippen molar-refractivity contribution in [3.8, 4) is 0 Å². The summed E-state index contributed by atoms with van der Waals surface area (Å²) in [7, 11) is 0. The summed E-state index contributed by atoms with van der Waals surface area (Å²) < 4.78 is 19.2. The Morgan fingerprint density at radius 3 is 2.77 bits per heavy atom. The van der Waals surface area contributed by atoms with Crippen molar-refractivity contribution >= 4 is 29.1 Å². The Bertz CT molecular complexity index is 823. The minimum absolute atomic E-state index is 0.0216. The van der Waals surface area contributed by atoms with Gasteiger partial charge in [0.2, 0.25) is 0 Å². The zero-order valence-corrected chi connectivity index (χ0v) is 14.9. The number of ether oxygens (including phenoxy) is 1. The molecule has 1 aliphatic rings. The second-order valence-electron chi connectivity index (χ2n) is 6.05. The number of carbonyl (C=O) groups is 2. The molecular weight excluding hydrogens is 359 g/mol. The molecule has 26 heavy (non-hydrogen) atoms. The summed E-state index contributed by atoms with van der Waals surface area (Å²) in [6.07, 6.45) is 0. The van der Waals surface area contributed by atoms with E-state index in [1.54, 1.807) is 29.2 Å². The molecule has 1 heterocycles. The quantitative estimate of drug-likeness (QED) is 0.890. The van der Waals surface area contributed by atoms with Gasteiger partial charge in [0, 0.05) is 17.8 Å². The molecule has 1 unspecified atom stereocenters. The second-order valence-corrected chi connectivity index (χ2v) is 6.46. The van der Waals surface area contributed by atoms with Crippen molar-refractivity contribution in [1.82, 2.24) is 4.90 Å². The number of benzene rings is 2. The lowest BCUT2D eigenvalue weighted by molar-refractivity contribution is 0.00359. The first-order valence-corrected chi connectivity index (χ1v) is 8.59. The molecule has 2 aromatic rings. The van der Waals surface area contributed by atoms with E-state index in [4.69, 9.17) is 16.3 Å². The number of morpholine rings is 1. The van der Waals surface area contributed by atoms with Crippen LogP contribution in [0.25, 0.3) is 0 Å². The fourth-order valence-corrected chi connectivity index (χ4v) is 3.08. The van der Waals surface area contributed by atoms with Gasteiger partial charge in [-0.05, 0) is 37.3 Å². The van der Waals surface area contributed by atoms with Gasteiger partial charge in [-0.25, -0.2) is 4.39 Å². The van der Waals surface area contributed by atoms with Crippen molar-refractivity contribution < 1.29 is 18.7 Å². The monoisotopic (exact) mass is 376 g/mol. The molecule has 5 nitrogen and oxygen atoms in total. The first kappa shape index (κ1) is 18.4. The van der Waals surface area contributed by atoms with Crippen molar-refractivity contribution in [3.05, 3.63) is 64.4 Å². The zero-order valence-electron chi connectivity index (χ0n) is 14.2. The average molecular weight is 377 g/mol. The first-order chi connectivity index (χ1) is 12.5. The van der Waals surface area contributed by atoms with Crippen LogP contribution in [0, 0.1) is 5.82 Å². The lowest BCUT2D eigenvalue weighted by Crippen LogP contribution is -2.47. The second kappa shape index (κ2) is 7.85. The number of nitrogens with one attached hydrogen (secondary N) is 1. The molecule has 0 aliphatic carbocycles. The Morgan fingerprint density at radius 1 is 1.27 bits per heavy atom. The number of rotatable bonds is 3. The van der Waals surface area contributed by atoms with Crippen molar-refractivity contribution in [2.75, 3.05) is 25.1 Å². The largest absolute Gasteiger partial charge is 0.377 e. The number of amides is 2. The topological polar surface area (TPSA) is 58.6 Å². The number of nitrogens with zero attached hydrogens (tertiary/aromatic N) is 1. The minimum Gasteiger partial charge on any atom is -0.377 e. The van der Waals surface area contributed by atoms with Crippen LogP contribution >= 0.6 is 11.6 Å². The minimum atomic E-state index is -0.704. The maximum absolute atomic E-state index is 13.9. The highest BCUT2D eigenvalue weighted by Gasteiger charge is 2.25. The van der Waals surface area contributed by atoms with Crippen LogP contribution in [0.3, 0.4) is 0 Å². The molecular formula is C19H18ClFN2O3. The smallest absolute Gasteiger partial charge is 0.260 e. The standard InChI is InChI=1S/C19H18ClFN2O3/c1-12-11-26-9-8-23(12)19(25)13-4-2-5-14(10-13)22-18(24)17-15(20)6-3-7-16(17)21/h2-7,10,12H,8-9,11H2,1H3,(H,22,24). The van der Waals surface area contributed by atoms with Crippen LogP contribution in [0.1, 0.15) is 27.6 Å². The Balaban J connectivity index is 1.79. The van der Waals surface area contributed by atoms with Gasteiger partial charge in [0.1, 0.15) is 5.82 Å². The number of hydrogen-bond donors (Lipinski definition) is 1. The van der Waals surface area contributed by atoms with Gasteiger partial charge in [0.15, 0.2) is 0 Å². The van der Waals surface area contributed by atoms with Crippen molar-refractivity contribution in [2.24, 2.45) is 0 Å². The highest BCUT2D eigenvalue weighted by molar-refractivity contribution is 6.34. The van der Waals surface area contributed by atoms with E-state index < -0.39 is 11.7 Å². The van der Waals surface area contributed by atoms with Crippen LogP contribution in [-0.4, -0.2) is 42.5 Å². The average Bonchev–Trinajstić information content (AvgIpc) is 2.61. The molecule has 3 rings (SSSR count). The molecule has 1 saturated heterocycles. The van der Waals surface area contributed by atoms with Crippen LogP contribution in [-0.2, 0) is 4.74 Å². The summed E-state index contributed by atoms with van der Waals surface area (Å²) in [6, 6.07) is 10.6. The van der Waals surface area contributed by atoms with Gasteiger partial charge in [0.25, 0.3) is 11.8 Å². The lowest BCUT2D eigenvalue weighted by atomic mass is 10.1. The van der Waals surface area contributed by atoms with E-state index in [0.29, 0.717) is 31.0 Å². The van der Waals surface area contributed by atoms with Gasteiger partial charge in [-0.15, -0.1) is 0 Å². The van der Waals surface area contributed by atoms with Crippen LogP contribution in [0.2, 0.25) is 5.02 Å². The zero-order chi connectivity index (χ0) is 18.7. The molecule has 1 aliphatic heterocycles. The van der Waals surface area contributed by atoms with E-state index in [1.165, 1.54) is 18.2 Å². The van der Waals surface area contributed by atoms with E-state index >= 15 is 0 Å². The third-order valence-corrected chi connectivity index (χ3v) is 4.50. The normalized spacial score (nSPS) is 17.0. The van der Waals surface area contributed by atoms with Crippen molar-refractivity contribution in [2.45, 2.75) is 13.0 Å². The summed E-state index contributed by atoms with van der Waals surface area (Å²) in [5.74, 6) is -1.51. The molecule has 0 aromatic heterocycles. The molecule has 136 valence electrons. The summed E-state index contributed by atoms with van der Waals surface area (Å²) >= 11 is 5.92. The SMILES string of the molecule is CC1COCCN1C(=O)c1cccc(NC(=O)c2c(F)cccc2Cl)c1. The van der Waals surface area contributed by atoms with Gasteiger partial charge in [0.05, 0.1) is 29.8 Å². The lowest BCUT2D eigenvalue weighted by Gasteiger charge is -2.33. The third-order valence-electron chi connectivity index (χ3n) is 4.19.